The predicted octanol–water partition coefficient (Wildman–Crippen LogP) is -1.30. The van der Waals surface area contributed by atoms with Gasteiger partial charge in [-0.2, -0.15) is 5.10 Å². The van der Waals surface area contributed by atoms with E-state index in [-0.39, 0.29) is 17.9 Å². The van der Waals surface area contributed by atoms with Crippen molar-refractivity contribution < 1.29 is 9.59 Å². The van der Waals surface area contributed by atoms with Crippen LogP contribution in [-0.2, 0) is 11.3 Å². The monoisotopic (exact) mass is 211 g/mol. The van der Waals surface area contributed by atoms with Crippen LogP contribution in [-0.4, -0.2) is 28.1 Å². The van der Waals surface area contributed by atoms with E-state index in [0.717, 1.165) is 0 Å². The quantitative estimate of drug-likeness (QED) is 0.574. The molecule has 5 N–H and O–H groups in total. The van der Waals surface area contributed by atoms with Crippen molar-refractivity contribution in [3.05, 3.63) is 11.9 Å². The van der Waals surface area contributed by atoms with Crippen molar-refractivity contribution in [2.24, 2.45) is 5.73 Å². The highest BCUT2D eigenvalue weighted by atomic mass is 16.2. The first-order valence-electron chi connectivity index (χ1n) is 4.44. The summed E-state index contributed by atoms with van der Waals surface area (Å²) in [5, 5.41) is 6.24. The summed E-state index contributed by atoms with van der Waals surface area (Å²) < 4.78 is 1.45. The zero-order valence-electron chi connectivity index (χ0n) is 8.36. The highest BCUT2D eigenvalue weighted by Gasteiger charge is 2.15. The van der Waals surface area contributed by atoms with Crippen molar-refractivity contribution in [1.29, 1.82) is 0 Å². The zero-order valence-corrected chi connectivity index (χ0v) is 8.36. The normalized spacial score (nSPS) is 9.93. The fourth-order valence-electron chi connectivity index (χ4n) is 1.14. The summed E-state index contributed by atoms with van der Waals surface area (Å²) in [4.78, 5) is 22.0. The van der Waals surface area contributed by atoms with Crippen LogP contribution in [0.5, 0.6) is 0 Å². The molecule has 1 heterocycles. The molecule has 0 aliphatic carbocycles. The lowest BCUT2D eigenvalue weighted by Crippen LogP contribution is -2.34. The van der Waals surface area contributed by atoms with Crippen LogP contribution in [0.2, 0.25) is 0 Å². The van der Waals surface area contributed by atoms with Gasteiger partial charge < -0.3 is 16.8 Å². The van der Waals surface area contributed by atoms with Crippen molar-refractivity contribution in [3.63, 3.8) is 0 Å². The first kappa shape index (κ1) is 11.0. The van der Waals surface area contributed by atoms with Crippen LogP contribution in [0.1, 0.15) is 17.4 Å². The fraction of sp³-hybridized carbons (Fsp3) is 0.375. The van der Waals surface area contributed by atoms with Crippen molar-refractivity contribution in [3.8, 4) is 0 Å². The number of primary amides is 1. The second-order valence-electron chi connectivity index (χ2n) is 2.91. The van der Waals surface area contributed by atoms with Gasteiger partial charge in [0.15, 0.2) is 0 Å². The van der Waals surface area contributed by atoms with Crippen LogP contribution < -0.4 is 16.8 Å². The van der Waals surface area contributed by atoms with Crippen LogP contribution in [0.25, 0.3) is 0 Å². The number of nitrogens with two attached hydrogens (primary N) is 2. The lowest BCUT2D eigenvalue weighted by atomic mass is 10.3. The second kappa shape index (κ2) is 4.45. The number of amides is 2. The second-order valence-corrected chi connectivity index (χ2v) is 2.91. The predicted molar refractivity (Wildman–Crippen MR) is 53.8 cm³/mol. The first-order valence-corrected chi connectivity index (χ1v) is 4.44. The SMILES string of the molecule is CCn1ncc(N)c1C(=O)NCC(N)=O. The van der Waals surface area contributed by atoms with Crippen molar-refractivity contribution in [2.75, 3.05) is 12.3 Å². The largest absolute Gasteiger partial charge is 0.396 e. The molecule has 0 saturated carbocycles. The van der Waals surface area contributed by atoms with Crippen molar-refractivity contribution in [1.82, 2.24) is 15.1 Å². The molecule has 2 amide bonds. The number of hydrogen-bond donors (Lipinski definition) is 3. The summed E-state index contributed by atoms with van der Waals surface area (Å²) in [7, 11) is 0. The van der Waals surface area contributed by atoms with Gasteiger partial charge in [0.25, 0.3) is 5.91 Å². The van der Waals surface area contributed by atoms with Crippen LogP contribution in [0.15, 0.2) is 6.20 Å². The average Bonchev–Trinajstić information content (AvgIpc) is 2.56. The van der Waals surface area contributed by atoms with E-state index in [0.29, 0.717) is 6.54 Å². The number of aromatic nitrogens is 2. The number of hydrogen-bond acceptors (Lipinski definition) is 4. The number of anilines is 1. The van der Waals surface area contributed by atoms with E-state index < -0.39 is 11.8 Å². The van der Waals surface area contributed by atoms with E-state index >= 15 is 0 Å². The molecular weight excluding hydrogens is 198 g/mol. The third-order valence-corrected chi connectivity index (χ3v) is 1.81. The molecule has 0 radical (unpaired) electrons. The Labute approximate surface area is 86.4 Å². The number of carbonyl (C=O) groups excluding carboxylic acids is 2. The Balaban J connectivity index is 2.80. The minimum absolute atomic E-state index is 0.215. The van der Waals surface area contributed by atoms with Gasteiger partial charge in [0.2, 0.25) is 5.91 Å². The summed E-state index contributed by atoms with van der Waals surface area (Å²) >= 11 is 0. The maximum absolute atomic E-state index is 11.6. The van der Waals surface area contributed by atoms with Gasteiger partial charge in [-0.3, -0.25) is 14.3 Å². The van der Waals surface area contributed by atoms with Gasteiger partial charge in [-0.25, -0.2) is 0 Å². The number of aryl methyl sites for hydroxylation is 1. The van der Waals surface area contributed by atoms with Gasteiger partial charge in [-0.1, -0.05) is 0 Å². The molecule has 0 aromatic carbocycles. The van der Waals surface area contributed by atoms with Gasteiger partial charge in [-0.15, -0.1) is 0 Å². The Kier molecular flexibility index (Phi) is 3.27. The Hall–Kier alpha value is -2.05. The average molecular weight is 211 g/mol. The standard InChI is InChI=1S/C8H13N5O2/c1-2-13-7(5(9)3-12-13)8(15)11-4-6(10)14/h3H,2,4,9H2,1H3,(H2,10,14)(H,11,15). The molecule has 7 nitrogen and oxygen atoms in total. The molecular formula is C8H13N5O2. The molecule has 0 atom stereocenters. The van der Waals surface area contributed by atoms with Crippen LogP contribution in [0.3, 0.4) is 0 Å². The Morgan fingerprint density at radius 1 is 1.60 bits per heavy atom. The molecule has 0 spiro atoms. The van der Waals surface area contributed by atoms with Crippen LogP contribution in [0.4, 0.5) is 5.69 Å². The summed E-state index contributed by atoms with van der Waals surface area (Å²) in [5.74, 6) is -1.06. The van der Waals surface area contributed by atoms with Crippen LogP contribution >= 0.6 is 0 Å². The fourth-order valence-corrected chi connectivity index (χ4v) is 1.14. The van der Waals surface area contributed by atoms with Gasteiger partial charge >= 0.3 is 0 Å². The molecule has 0 fully saturated rings. The molecule has 0 saturated heterocycles. The molecule has 15 heavy (non-hydrogen) atoms. The van der Waals surface area contributed by atoms with Gasteiger partial charge in [0.1, 0.15) is 5.69 Å². The molecule has 0 bridgehead atoms. The minimum Gasteiger partial charge on any atom is -0.396 e. The number of nitrogens with zero attached hydrogens (tertiary/aromatic N) is 2. The molecule has 82 valence electrons. The lowest BCUT2D eigenvalue weighted by Gasteiger charge is -2.05. The van der Waals surface area contributed by atoms with E-state index in [1.165, 1.54) is 10.9 Å². The topological polar surface area (TPSA) is 116 Å². The van der Waals surface area contributed by atoms with Crippen LogP contribution in [0, 0.1) is 0 Å². The maximum Gasteiger partial charge on any atom is 0.272 e. The van der Waals surface area contributed by atoms with E-state index in [9.17, 15) is 9.59 Å². The molecule has 0 aliphatic heterocycles. The van der Waals surface area contributed by atoms with Crippen molar-refractivity contribution >= 4 is 17.5 Å². The summed E-state index contributed by atoms with van der Waals surface area (Å²) in [5.41, 5.74) is 11.0. The molecule has 0 aliphatic rings. The van der Waals surface area contributed by atoms with Crippen molar-refractivity contribution in [2.45, 2.75) is 13.5 Å². The molecule has 1 aromatic rings. The third kappa shape index (κ3) is 2.46. The van der Waals surface area contributed by atoms with E-state index in [1.54, 1.807) is 0 Å². The number of carbonyl (C=O) groups is 2. The number of rotatable bonds is 4. The summed E-state index contributed by atoms with van der Waals surface area (Å²) in [6.45, 7) is 2.14. The lowest BCUT2D eigenvalue weighted by molar-refractivity contribution is -0.117. The van der Waals surface area contributed by atoms with E-state index in [4.69, 9.17) is 11.5 Å². The van der Waals surface area contributed by atoms with Gasteiger partial charge in [0, 0.05) is 6.54 Å². The Bertz CT molecular complexity index is 384. The minimum atomic E-state index is -0.607. The summed E-state index contributed by atoms with van der Waals surface area (Å²) in [6.07, 6.45) is 1.39. The Morgan fingerprint density at radius 3 is 2.80 bits per heavy atom. The zero-order chi connectivity index (χ0) is 11.4. The van der Waals surface area contributed by atoms with Gasteiger partial charge in [-0.05, 0) is 6.92 Å². The molecule has 0 unspecified atom stereocenters. The maximum atomic E-state index is 11.6. The molecule has 7 heteroatoms. The van der Waals surface area contributed by atoms with E-state index in [1.807, 2.05) is 6.92 Å². The smallest absolute Gasteiger partial charge is 0.272 e. The highest BCUT2D eigenvalue weighted by molar-refractivity contribution is 5.98. The molecule has 1 aromatic heterocycles. The third-order valence-electron chi connectivity index (χ3n) is 1.81. The summed E-state index contributed by atoms with van der Waals surface area (Å²) in [6, 6.07) is 0. The van der Waals surface area contributed by atoms with E-state index in [2.05, 4.69) is 10.4 Å². The molecule has 1 rings (SSSR count). The highest BCUT2D eigenvalue weighted by Crippen LogP contribution is 2.09. The first-order chi connectivity index (χ1) is 7.06. The number of nitrogens with one attached hydrogen (secondary N) is 1. The van der Waals surface area contributed by atoms with Gasteiger partial charge in [0.05, 0.1) is 18.4 Å². The number of nitrogen functional groups attached to an aromatic ring is 1. The Morgan fingerprint density at radius 2 is 2.27 bits per heavy atom.